The molecule has 1 atom stereocenters. The van der Waals surface area contributed by atoms with Crippen LogP contribution < -0.4 is 0 Å². The molecule has 2 nitrogen and oxygen atoms in total. The average Bonchev–Trinajstić information content (AvgIpc) is 2.68. The minimum atomic E-state index is -0.256. The Morgan fingerprint density at radius 1 is 1.53 bits per heavy atom. The van der Waals surface area contributed by atoms with Crippen LogP contribution in [0.2, 0.25) is 0 Å². The Hall–Kier alpha value is -0.380. The fourth-order valence-electron chi connectivity index (χ4n) is 1.40. The molecule has 1 rings (SSSR count). The van der Waals surface area contributed by atoms with Crippen LogP contribution in [0.4, 0.5) is 0 Å². The second-order valence-electron chi connectivity index (χ2n) is 4.49. The Bertz CT molecular complexity index is 267. The van der Waals surface area contributed by atoms with Crippen molar-refractivity contribution in [1.29, 1.82) is 0 Å². The lowest BCUT2D eigenvalue weighted by Gasteiger charge is -2.24. The van der Waals surface area contributed by atoms with Gasteiger partial charge in [-0.2, -0.15) is 11.3 Å². The quantitative estimate of drug-likeness (QED) is 0.811. The van der Waals surface area contributed by atoms with Gasteiger partial charge in [0.05, 0.1) is 11.7 Å². The molecule has 1 heterocycles. The van der Waals surface area contributed by atoms with Crippen LogP contribution in [0.15, 0.2) is 16.8 Å². The van der Waals surface area contributed by atoms with Crippen molar-refractivity contribution in [3.8, 4) is 0 Å². The lowest BCUT2D eigenvalue weighted by molar-refractivity contribution is 0.00307. The molecule has 0 saturated carbocycles. The van der Waals surface area contributed by atoms with Crippen LogP contribution in [-0.2, 0) is 11.2 Å². The van der Waals surface area contributed by atoms with E-state index in [1.165, 1.54) is 5.56 Å². The third-order valence-electron chi connectivity index (χ3n) is 2.68. The average molecular weight is 228 g/mol. The number of ether oxygens (including phenoxy) is 1. The van der Waals surface area contributed by atoms with Gasteiger partial charge in [0.1, 0.15) is 0 Å². The van der Waals surface area contributed by atoms with Crippen LogP contribution >= 0.6 is 11.3 Å². The molecule has 1 unspecified atom stereocenters. The van der Waals surface area contributed by atoms with Gasteiger partial charge in [-0.3, -0.25) is 0 Å². The molecule has 0 bridgehead atoms. The van der Waals surface area contributed by atoms with Crippen molar-refractivity contribution in [2.75, 3.05) is 7.11 Å². The molecule has 0 aliphatic carbocycles. The molecule has 0 spiro atoms. The third-order valence-corrected chi connectivity index (χ3v) is 3.42. The number of aliphatic hydroxyl groups excluding tert-OH is 1. The molecule has 0 amide bonds. The number of hydrogen-bond acceptors (Lipinski definition) is 3. The Balaban J connectivity index is 2.28. The first-order chi connectivity index (χ1) is 7.03. The highest BCUT2D eigenvalue weighted by Gasteiger charge is 2.18. The monoisotopic (exact) mass is 228 g/mol. The van der Waals surface area contributed by atoms with E-state index in [0.717, 1.165) is 19.3 Å². The second-order valence-corrected chi connectivity index (χ2v) is 5.27. The largest absolute Gasteiger partial charge is 0.393 e. The summed E-state index contributed by atoms with van der Waals surface area (Å²) in [5.74, 6) is 0. The zero-order valence-electron chi connectivity index (χ0n) is 9.69. The number of hydrogen-bond donors (Lipinski definition) is 1. The lowest BCUT2D eigenvalue weighted by atomic mass is 9.98. The molecular formula is C12H20O2S. The molecule has 3 heteroatoms. The summed E-state index contributed by atoms with van der Waals surface area (Å²) in [7, 11) is 1.71. The zero-order valence-corrected chi connectivity index (χ0v) is 10.5. The Labute approximate surface area is 95.9 Å². The first-order valence-electron chi connectivity index (χ1n) is 5.28. The second kappa shape index (κ2) is 5.64. The Kier molecular flexibility index (Phi) is 4.77. The van der Waals surface area contributed by atoms with Crippen molar-refractivity contribution in [3.63, 3.8) is 0 Å². The van der Waals surface area contributed by atoms with Crippen molar-refractivity contribution in [3.05, 3.63) is 22.4 Å². The number of thiophene rings is 1. The van der Waals surface area contributed by atoms with Gasteiger partial charge in [0.2, 0.25) is 0 Å². The molecule has 0 aliphatic rings. The molecule has 1 aromatic heterocycles. The van der Waals surface area contributed by atoms with Gasteiger partial charge in [0.15, 0.2) is 0 Å². The van der Waals surface area contributed by atoms with Gasteiger partial charge in [-0.25, -0.2) is 0 Å². The van der Waals surface area contributed by atoms with Crippen LogP contribution in [0, 0.1) is 0 Å². The first-order valence-corrected chi connectivity index (χ1v) is 6.22. The molecule has 0 fully saturated rings. The molecule has 15 heavy (non-hydrogen) atoms. The highest BCUT2D eigenvalue weighted by atomic mass is 32.1. The Morgan fingerprint density at radius 3 is 2.80 bits per heavy atom. The van der Waals surface area contributed by atoms with E-state index in [9.17, 15) is 5.11 Å². The summed E-state index contributed by atoms with van der Waals surface area (Å²) in [6, 6.07) is 2.06. The molecule has 1 N–H and O–H groups in total. The van der Waals surface area contributed by atoms with Gasteiger partial charge < -0.3 is 9.84 Å². The van der Waals surface area contributed by atoms with Crippen LogP contribution in [0.1, 0.15) is 32.3 Å². The summed E-state index contributed by atoms with van der Waals surface area (Å²) in [6.07, 6.45) is 2.17. The minimum absolute atomic E-state index is 0.129. The summed E-state index contributed by atoms with van der Waals surface area (Å²) in [5, 5.41) is 14.0. The maximum atomic E-state index is 9.83. The van der Waals surface area contributed by atoms with Crippen LogP contribution in [0.25, 0.3) is 0 Å². The van der Waals surface area contributed by atoms with E-state index >= 15 is 0 Å². The maximum absolute atomic E-state index is 9.83. The molecule has 1 aromatic rings. The third kappa shape index (κ3) is 4.78. The molecule has 0 saturated heterocycles. The van der Waals surface area contributed by atoms with Crippen molar-refractivity contribution in [1.82, 2.24) is 0 Å². The normalized spacial score (nSPS) is 14.1. The SMILES string of the molecule is COC(C)(C)CCC(O)Cc1ccsc1. The lowest BCUT2D eigenvalue weighted by Crippen LogP contribution is -2.25. The Morgan fingerprint density at radius 2 is 2.27 bits per heavy atom. The maximum Gasteiger partial charge on any atom is 0.0623 e. The van der Waals surface area contributed by atoms with Crippen molar-refractivity contribution in [2.45, 2.75) is 44.8 Å². The van der Waals surface area contributed by atoms with Gasteiger partial charge in [-0.1, -0.05) is 0 Å². The molecule has 0 aromatic carbocycles. The van der Waals surface area contributed by atoms with Crippen LogP contribution in [0.5, 0.6) is 0 Å². The summed E-state index contributed by atoms with van der Waals surface area (Å²) in [5.41, 5.74) is 1.10. The fourth-order valence-corrected chi connectivity index (χ4v) is 2.08. The van der Waals surface area contributed by atoms with E-state index in [1.54, 1.807) is 18.4 Å². The summed E-state index contributed by atoms with van der Waals surface area (Å²) in [4.78, 5) is 0. The highest BCUT2D eigenvalue weighted by molar-refractivity contribution is 7.07. The summed E-state index contributed by atoms with van der Waals surface area (Å²) in [6.45, 7) is 4.09. The zero-order chi connectivity index (χ0) is 11.3. The van der Waals surface area contributed by atoms with Gasteiger partial charge in [0.25, 0.3) is 0 Å². The minimum Gasteiger partial charge on any atom is -0.393 e. The van der Waals surface area contributed by atoms with E-state index < -0.39 is 0 Å². The van der Waals surface area contributed by atoms with Gasteiger partial charge in [-0.05, 0) is 55.5 Å². The van der Waals surface area contributed by atoms with Crippen molar-refractivity contribution >= 4 is 11.3 Å². The standard InChI is InChI=1S/C12H20O2S/c1-12(2,14-3)6-4-11(13)8-10-5-7-15-9-10/h5,7,9,11,13H,4,6,8H2,1-3H3. The highest BCUT2D eigenvalue weighted by Crippen LogP contribution is 2.18. The molecule has 0 aliphatic heterocycles. The topological polar surface area (TPSA) is 29.5 Å². The van der Waals surface area contributed by atoms with Crippen LogP contribution in [-0.4, -0.2) is 23.9 Å². The van der Waals surface area contributed by atoms with Gasteiger partial charge in [0, 0.05) is 7.11 Å². The predicted molar refractivity (Wildman–Crippen MR) is 64.4 cm³/mol. The van der Waals surface area contributed by atoms with Crippen molar-refractivity contribution < 1.29 is 9.84 Å². The first kappa shape index (κ1) is 12.7. The van der Waals surface area contributed by atoms with E-state index in [0.29, 0.717) is 0 Å². The van der Waals surface area contributed by atoms with Crippen LogP contribution in [0.3, 0.4) is 0 Å². The molecule has 86 valence electrons. The van der Waals surface area contributed by atoms with E-state index in [1.807, 2.05) is 19.2 Å². The van der Waals surface area contributed by atoms with Gasteiger partial charge >= 0.3 is 0 Å². The smallest absolute Gasteiger partial charge is 0.0623 e. The molecular weight excluding hydrogens is 208 g/mol. The van der Waals surface area contributed by atoms with E-state index in [4.69, 9.17) is 4.74 Å². The number of aliphatic hydroxyl groups is 1. The fraction of sp³-hybridized carbons (Fsp3) is 0.667. The van der Waals surface area contributed by atoms with E-state index in [2.05, 4.69) is 11.4 Å². The number of rotatable bonds is 6. The van der Waals surface area contributed by atoms with Crippen molar-refractivity contribution in [2.24, 2.45) is 0 Å². The summed E-state index contributed by atoms with van der Waals surface area (Å²) < 4.78 is 5.31. The molecule has 0 radical (unpaired) electrons. The van der Waals surface area contributed by atoms with Gasteiger partial charge in [-0.15, -0.1) is 0 Å². The predicted octanol–water partition coefficient (Wildman–Crippen LogP) is 2.86. The van der Waals surface area contributed by atoms with E-state index in [-0.39, 0.29) is 11.7 Å². The number of methoxy groups -OCH3 is 1. The summed E-state index contributed by atoms with van der Waals surface area (Å²) >= 11 is 1.67.